The molecular weight excluding hydrogens is 258 g/mol. The van der Waals surface area contributed by atoms with Crippen LogP contribution in [0.5, 0.6) is 11.5 Å². The molecule has 0 fully saturated rings. The van der Waals surface area contributed by atoms with Gasteiger partial charge in [-0.2, -0.15) is 0 Å². The molecule has 1 N–H and O–H groups in total. The number of rotatable bonds is 4. The van der Waals surface area contributed by atoms with Crippen molar-refractivity contribution in [1.82, 2.24) is 4.57 Å². The molecule has 0 radical (unpaired) electrons. The first-order valence-corrected chi connectivity index (χ1v) is 6.34. The second-order valence-corrected chi connectivity index (χ2v) is 4.75. The van der Waals surface area contributed by atoms with Crippen LogP contribution in [0.2, 0.25) is 0 Å². The van der Waals surface area contributed by atoms with Crippen LogP contribution >= 0.6 is 0 Å². The third-order valence-electron chi connectivity index (χ3n) is 3.39. The molecule has 2 aromatic rings. The molecule has 0 aliphatic carbocycles. The molecule has 5 nitrogen and oxygen atoms in total. The highest BCUT2D eigenvalue weighted by molar-refractivity contribution is 5.91. The SMILES string of the molecule is COc1cccc2c(O)c(CCC(C)=O)c(=O)n(C)c12. The van der Waals surface area contributed by atoms with Crippen LogP contribution in [-0.4, -0.2) is 22.6 Å². The monoisotopic (exact) mass is 275 g/mol. The molecule has 0 spiro atoms. The van der Waals surface area contributed by atoms with Gasteiger partial charge in [-0.25, -0.2) is 0 Å². The molecule has 106 valence electrons. The van der Waals surface area contributed by atoms with Crippen molar-refractivity contribution in [1.29, 1.82) is 0 Å². The summed E-state index contributed by atoms with van der Waals surface area (Å²) in [6, 6.07) is 5.21. The summed E-state index contributed by atoms with van der Waals surface area (Å²) in [7, 11) is 3.14. The number of pyridine rings is 1. The van der Waals surface area contributed by atoms with Crippen molar-refractivity contribution in [2.75, 3.05) is 7.11 Å². The topological polar surface area (TPSA) is 68.5 Å². The third kappa shape index (κ3) is 2.27. The second kappa shape index (κ2) is 5.36. The fourth-order valence-corrected chi connectivity index (χ4v) is 2.32. The Kier molecular flexibility index (Phi) is 3.79. The molecule has 0 amide bonds. The Morgan fingerprint density at radius 2 is 2.10 bits per heavy atom. The molecule has 0 unspecified atom stereocenters. The summed E-state index contributed by atoms with van der Waals surface area (Å²) in [6.45, 7) is 1.46. The maximum Gasteiger partial charge on any atom is 0.257 e. The highest BCUT2D eigenvalue weighted by atomic mass is 16.5. The highest BCUT2D eigenvalue weighted by Gasteiger charge is 2.17. The third-order valence-corrected chi connectivity index (χ3v) is 3.39. The van der Waals surface area contributed by atoms with Crippen LogP contribution in [0, 0.1) is 0 Å². The van der Waals surface area contributed by atoms with Gasteiger partial charge in [-0.05, 0) is 25.5 Å². The van der Waals surface area contributed by atoms with E-state index in [0.29, 0.717) is 16.7 Å². The lowest BCUT2D eigenvalue weighted by Crippen LogP contribution is -2.22. The van der Waals surface area contributed by atoms with E-state index in [1.54, 1.807) is 25.2 Å². The molecule has 1 aromatic heterocycles. The minimum absolute atomic E-state index is 0.0165. The number of aromatic hydroxyl groups is 1. The molecule has 0 bridgehead atoms. The lowest BCUT2D eigenvalue weighted by atomic mass is 10.0. The van der Waals surface area contributed by atoms with Gasteiger partial charge in [0.05, 0.1) is 18.2 Å². The summed E-state index contributed by atoms with van der Waals surface area (Å²) in [6.07, 6.45) is 0.471. The number of nitrogens with zero attached hydrogens (tertiary/aromatic N) is 1. The van der Waals surface area contributed by atoms with Crippen LogP contribution in [-0.2, 0) is 18.3 Å². The fourth-order valence-electron chi connectivity index (χ4n) is 2.32. The van der Waals surface area contributed by atoms with Gasteiger partial charge in [0.2, 0.25) is 0 Å². The van der Waals surface area contributed by atoms with E-state index in [0.717, 1.165) is 0 Å². The summed E-state index contributed by atoms with van der Waals surface area (Å²) in [5.41, 5.74) is 0.508. The number of carbonyl (C=O) groups excluding carboxylic acids is 1. The zero-order chi connectivity index (χ0) is 14.9. The van der Waals surface area contributed by atoms with Crippen molar-refractivity contribution in [2.45, 2.75) is 19.8 Å². The number of hydrogen-bond donors (Lipinski definition) is 1. The maximum atomic E-state index is 12.3. The maximum absolute atomic E-state index is 12.3. The van der Waals surface area contributed by atoms with Gasteiger partial charge in [0.15, 0.2) is 0 Å². The van der Waals surface area contributed by atoms with E-state index in [4.69, 9.17) is 4.74 Å². The van der Waals surface area contributed by atoms with Crippen molar-refractivity contribution in [2.24, 2.45) is 7.05 Å². The van der Waals surface area contributed by atoms with E-state index in [9.17, 15) is 14.7 Å². The van der Waals surface area contributed by atoms with Gasteiger partial charge in [0.1, 0.15) is 17.3 Å². The minimum Gasteiger partial charge on any atom is -0.507 e. The summed E-state index contributed by atoms with van der Waals surface area (Å²) in [4.78, 5) is 23.4. The largest absolute Gasteiger partial charge is 0.507 e. The van der Waals surface area contributed by atoms with Crippen LogP contribution in [0.3, 0.4) is 0 Å². The van der Waals surface area contributed by atoms with E-state index < -0.39 is 0 Å². The van der Waals surface area contributed by atoms with Crippen LogP contribution < -0.4 is 10.3 Å². The van der Waals surface area contributed by atoms with Crippen molar-refractivity contribution < 1.29 is 14.6 Å². The van der Waals surface area contributed by atoms with Crippen molar-refractivity contribution in [3.8, 4) is 11.5 Å². The zero-order valence-electron chi connectivity index (χ0n) is 11.8. The Labute approximate surface area is 116 Å². The number of aromatic nitrogens is 1. The van der Waals surface area contributed by atoms with E-state index in [1.165, 1.54) is 18.6 Å². The number of methoxy groups -OCH3 is 1. The van der Waals surface area contributed by atoms with Gasteiger partial charge < -0.3 is 19.2 Å². The quantitative estimate of drug-likeness (QED) is 0.923. The Morgan fingerprint density at radius 1 is 1.40 bits per heavy atom. The number of carbonyl (C=O) groups is 1. The predicted octanol–water partition coefficient (Wildman–Crippen LogP) is 1.77. The van der Waals surface area contributed by atoms with Crippen LogP contribution in [0.25, 0.3) is 10.9 Å². The molecule has 5 heteroatoms. The number of aryl methyl sites for hydroxylation is 1. The molecule has 2 rings (SSSR count). The van der Waals surface area contributed by atoms with Crippen molar-refractivity contribution in [3.05, 3.63) is 34.1 Å². The smallest absolute Gasteiger partial charge is 0.257 e. The average Bonchev–Trinajstić information content (AvgIpc) is 2.43. The van der Waals surface area contributed by atoms with Gasteiger partial charge in [0.25, 0.3) is 5.56 Å². The minimum atomic E-state index is -0.305. The molecule has 1 heterocycles. The fraction of sp³-hybridized carbons (Fsp3) is 0.333. The summed E-state index contributed by atoms with van der Waals surface area (Å²) in [5, 5.41) is 10.9. The first-order valence-electron chi connectivity index (χ1n) is 6.34. The number of para-hydroxylation sites is 1. The number of ether oxygens (including phenoxy) is 1. The second-order valence-electron chi connectivity index (χ2n) is 4.75. The number of ketones is 1. The first-order chi connectivity index (χ1) is 9.47. The van der Waals surface area contributed by atoms with Gasteiger partial charge in [-0.15, -0.1) is 0 Å². The highest BCUT2D eigenvalue weighted by Crippen LogP contribution is 2.32. The zero-order valence-corrected chi connectivity index (χ0v) is 11.8. The van der Waals surface area contributed by atoms with Gasteiger partial charge in [-0.1, -0.05) is 6.07 Å². The van der Waals surface area contributed by atoms with Crippen LogP contribution in [0.1, 0.15) is 18.9 Å². The van der Waals surface area contributed by atoms with Gasteiger partial charge in [-0.3, -0.25) is 4.79 Å². The number of hydrogen-bond acceptors (Lipinski definition) is 4. The summed E-state index contributed by atoms with van der Waals surface area (Å²) in [5.74, 6) is 0.441. The summed E-state index contributed by atoms with van der Waals surface area (Å²) >= 11 is 0. The van der Waals surface area contributed by atoms with Gasteiger partial charge in [0, 0.05) is 18.9 Å². The van der Waals surface area contributed by atoms with E-state index in [1.807, 2.05) is 0 Å². The first kappa shape index (κ1) is 14.1. The van der Waals surface area contributed by atoms with E-state index >= 15 is 0 Å². The average molecular weight is 275 g/mol. The molecular formula is C15H17NO4. The lowest BCUT2D eigenvalue weighted by molar-refractivity contribution is -0.116. The van der Waals surface area contributed by atoms with E-state index in [-0.39, 0.29) is 35.5 Å². The molecule has 0 saturated carbocycles. The molecule has 0 atom stereocenters. The Hall–Kier alpha value is -2.30. The molecule has 0 saturated heterocycles. The Morgan fingerprint density at radius 3 is 2.70 bits per heavy atom. The lowest BCUT2D eigenvalue weighted by Gasteiger charge is -2.14. The molecule has 0 aliphatic heterocycles. The number of fused-ring (bicyclic) bond motifs is 1. The molecule has 1 aromatic carbocycles. The number of Topliss-reactive ketones (excluding diaryl/α,β-unsaturated/α-hetero) is 1. The van der Waals surface area contributed by atoms with E-state index in [2.05, 4.69) is 0 Å². The van der Waals surface area contributed by atoms with Gasteiger partial charge >= 0.3 is 0 Å². The standard InChI is InChI=1S/C15H17NO4/c1-9(17)7-8-11-14(18)10-5-4-6-12(20-3)13(10)16(2)15(11)19/h4-6,18H,7-8H2,1-3H3. The van der Waals surface area contributed by atoms with Crippen LogP contribution in [0.15, 0.2) is 23.0 Å². The predicted molar refractivity (Wildman–Crippen MR) is 76.4 cm³/mol. The van der Waals surface area contributed by atoms with Crippen LogP contribution in [0.4, 0.5) is 0 Å². The molecule has 20 heavy (non-hydrogen) atoms. The Balaban J connectivity index is 2.74. The molecule has 0 aliphatic rings. The Bertz CT molecular complexity index is 731. The van der Waals surface area contributed by atoms with Crippen molar-refractivity contribution in [3.63, 3.8) is 0 Å². The van der Waals surface area contributed by atoms with Crippen molar-refractivity contribution >= 4 is 16.7 Å². The summed E-state index contributed by atoms with van der Waals surface area (Å²) < 4.78 is 6.68. The number of benzene rings is 1. The normalized spacial score (nSPS) is 10.8.